The molecular formula is C12H13BrClF. The largest absolute Gasteiger partial charge is 0.207 e. The first kappa shape index (κ1) is 12.7. The summed E-state index contributed by atoms with van der Waals surface area (Å²) in [6.07, 6.45) is 2.50. The molecule has 1 aromatic carbocycles. The first-order valence-electron chi connectivity index (χ1n) is 4.64. The fraction of sp³-hybridized carbons (Fsp3) is 0.333. The summed E-state index contributed by atoms with van der Waals surface area (Å²) in [5, 5.41) is 0. The van der Waals surface area contributed by atoms with Gasteiger partial charge in [-0.05, 0) is 30.2 Å². The van der Waals surface area contributed by atoms with E-state index in [1.807, 2.05) is 13.0 Å². The van der Waals surface area contributed by atoms with Crippen LogP contribution in [0.1, 0.15) is 12.5 Å². The van der Waals surface area contributed by atoms with E-state index in [0.29, 0.717) is 12.3 Å². The topological polar surface area (TPSA) is 0 Å². The minimum absolute atomic E-state index is 0.197. The van der Waals surface area contributed by atoms with Gasteiger partial charge in [0.25, 0.3) is 0 Å². The molecule has 0 bridgehead atoms. The van der Waals surface area contributed by atoms with E-state index >= 15 is 0 Å². The van der Waals surface area contributed by atoms with Crippen molar-refractivity contribution in [3.05, 3.63) is 46.7 Å². The SMILES string of the molecule is C=CC(C)(CCl)Cc1cc(F)ccc1Br. The van der Waals surface area contributed by atoms with Crippen molar-refractivity contribution in [1.82, 2.24) is 0 Å². The molecule has 1 unspecified atom stereocenters. The zero-order chi connectivity index (χ0) is 11.5. The summed E-state index contributed by atoms with van der Waals surface area (Å²) < 4.78 is 14.0. The summed E-state index contributed by atoms with van der Waals surface area (Å²) in [6.45, 7) is 5.76. The van der Waals surface area contributed by atoms with Crippen LogP contribution in [0.4, 0.5) is 4.39 Å². The molecule has 0 saturated carbocycles. The average Bonchev–Trinajstić information content (AvgIpc) is 2.23. The summed E-state index contributed by atoms with van der Waals surface area (Å²) in [4.78, 5) is 0. The van der Waals surface area contributed by atoms with Crippen molar-refractivity contribution in [2.45, 2.75) is 13.3 Å². The van der Waals surface area contributed by atoms with Gasteiger partial charge in [-0.1, -0.05) is 28.9 Å². The minimum Gasteiger partial charge on any atom is -0.207 e. The Bertz CT molecular complexity index is 365. The van der Waals surface area contributed by atoms with Crippen molar-refractivity contribution in [1.29, 1.82) is 0 Å². The van der Waals surface area contributed by atoms with Gasteiger partial charge in [0, 0.05) is 15.8 Å². The van der Waals surface area contributed by atoms with Gasteiger partial charge in [0.15, 0.2) is 0 Å². The number of hydrogen-bond donors (Lipinski definition) is 0. The first-order valence-corrected chi connectivity index (χ1v) is 5.97. The Hall–Kier alpha value is -0.340. The summed E-state index contributed by atoms with van der Waals surface area (Å²) in [7, 11) is 0. The highest BCUT2D eigenvalue weighted by Crippen LogP contribution is 2.29. The quantitative estimate of drug-likeness (QED) is 0.563. The molecule has 0 spiro atoms. The maximum Gasteiger partial charge on any atom is 0.123 e. The van der Waals surface area contributed by atoms with Crippen LogP contribution in [-0.2, 0) is 6.42 Å². The molecular weight excluding hydrogens is 278 g/mol. The second-order valence-corrected chi connectivity index (χ2v) is 5.03. The van der Waals surface area contributed by atoms with Crippen LogP contribution >= 0.6 is 27.5 Å². The average molecular weight is 292 g/mol. The third-order valence-electron chi connectivity index (χ3n) is 2.40. The standard InChI is InChI=1S/C12H13BrClF/c1-3-12(2,8-14)7-9-6-10(15)4-5-11(9)13/h3-6H,1,7-8H2,2H3. The minimum atomic E-state index is -0.228. The van der Waals surface area contributed by atoms with E-state index in [4.69, 9.17) is 11.6 Å². The number of allylic oxidation sites excluding steroid dienone is 1. The third-order valence-corrected chi connectivity index (χ3v) is 3.78. The zero-order valence-electron chi connectivity index (χ0n) is 8.56. The van der Waals surface area contributed by atoms with Crippen LogP contribution in [0.5, 0.6) is 0 Å². The number of hydrogen-bond acceptors (Lipinski definition) is 0. The van der Waals surface area contributed by atoms with Gasteiger partial charge in [0.1, 0.15) is 5.82 Å². The predicted molar refractivity (Wildman–Crippen MR) is 66.8 cm³/mol. The van der Waals surface area contributed by atoms with Crippen molar-refractivity contribution in [3.8, 4) is 0 Å². The van der Waals surface area contributed by atoms with Crippen LogP contribution in [0, 0.1) is 11.2 Å². The molecule has 0 nitrogen and oxygen atoms in total. The highest BCUT2D eigenvalue weighted by Gasteiger charge is 2.20. The molecule has 82 valence electrons. The summed E-state index contributed by atoms with van der Waals surface area (Å²) in [5.74, 6) is 0.244. The molecule has 0 heterocycles. The molecule has 15 heavy (non-hydrogen) atoms. The highest BCUT2D eigenvalue weighted by molar-refractivity contribution is 9.10. The second kappa shape index (κ2) is 5.13. The molecule has 0 aromatic heterocycles. The molecule has 0 N–H and O–H groups in total. The lowest BCUT2D eigenvalue weighted by Gasteiger charge is -2.23. The Labute approximate surface area is 103 Å². The van der Waals surface area contributed by atoms with E-state index in [1.54, 1.807) is 6.07 Å². The van der Waals surface area contributed by atoms with Crippen molar-refractivity contribution in [2.24, 2.45) is 5.41 Å². The Morgan fingerprint density at radius 1 is 1.60 bits per heavy atom. The Balaban J connectivity index is 2.97. The molecule has 0 aliphatic carbocycles. The smallest absolute Gasteiger partial charge is 0.123 e. The van der Waals surface area contributed by atoms with Gasteiger partial charge in [0.2, 0.25) is 0 Å². The van der Waals surface area contributed by atoms with Crippen molar-refractivity contribution in [2.75, 3.05) is 5.88 Å². The molecule has 0 saturated heterocycles. The fourth-order valence-electron chi connectivity index (χ4n) is 1.29. The summed E-state index contributed by atoms with van der Waals surface area (Å²) in [6, 6.07) is 4.67. The van der Waals surface area contributed by atoms with Crippen LogP contribution in [0.25, 0.3) is 0 Å². The normalized spacial score (nSPS) is 14.7. The van der Waals surface area contributed by atoms with Gasteiger partial charge in [0.05, 0.1) is 0 Å². The molecule has 0 radical (unpaired) electrons. The molecule has 1 atom stereocenters. The van der Waals surface area contributed by atoms with E-state index in [9.17, 15) is 4.39 Å². The number of rotatable bonds is 4. The lowest BCUT2D eigenvalue weighted by molar-refractivity contribution is 0.483. The summed E-state index contributed by atoms with van der Waals surface area (Å²) in [5.41, 5.74) is 0.718. The zero-order valence-corrected chi connectivity index (χ0v) is 10.9. The van der Waals surface area contributed by atoms with Crippen LogP contribution in [0.2, 0.25) is 0 Å². The molecule has 3 heteroatoms. The molecule has 1 rings (SSSR count). The predicted octanol–water partition coefficient (Wildman–Crippen LogP) is 4.56. The van der Waals surface area contributed by atoms with Crippen molar-refractivity contribution < 1.29 is 4.39 Å². The Kier molecular flexibility index (Phi) is 4.35. The van der Waals surface area contributed by atoms with E-state index in [-0.39, 0.29) is 11.2 Å². The molecule has 0 fully saturated rings. The number of halogens is 3. The van der Waals surface area contributed by atoms with Gasteiger partial charge in [-0.25, -0.2) is 4.39 Å². The first-order chi connectivity index (χ1) is 7.00. The molecule has 0 aliphatic heterocycles. The van der Waals surface area contributed by atoms with E-state index < -0.39 is 0 Å². The summed E-state index contributed by atoms with van der Waals surface area (Å²) >= 11 is 9.27. The van der Waals surface area contributed by atoms with Crippen molar-refractivity contribution in [3.63, 3.8) is 0 Å². The third kappa shape index (κ3) is 3.32. The molecule has 0 aliphatic rings. The maximum atomic E-state index is 13.1. The van der Waals surface area contributed by atoms with Gasteiger partial charge >= 0.3 is 0 Å². The fourth-order valence-corrected chi connectivity index (χ4v) is 1.88. The van der Waals surface area contributed by atoms with Crippen LogP contribution in [0.3, 0.4) is 0 Å². The van der Waals surface area contributed by atoms with E-state index in [0.717, 1.165) is 10.0 Å². The molecule has 1 aromatic rings. The Morgan fingerprint density at radius 3 is 2.80 bits per heavy atom. The number of alkyl halides is 1. The van der Waals surface area contributed by atoms with Crippen molar-refractivity contribution >= 4 is 27.5 Å². The van der Waals surface area contributed by atoms with Gasteiger partial charge in [-0.2, -0.15) is 0 Å². The van der Waals surface area contributed by atoms with E-state index in [2.05, 4.69) is 22.5 Å². The maximum absolute atomic E-state index is 13.1. The number of benzene rings is 1. The second-order valence-electron chi connectivity index (χ2n) is 3.90. The van der Waals surface area contributed by atoms with E-state index in [1.165, 1.54) is 12.1 Å². The van der Waals surface area contributed by atoms with Crippen LogP contribution in [0.15, 0.2) is 35.3 Å². The van der Waals surface area contributed by atoms with Crippen LogP contribution < -0.4 is 0 Å². The highest BCUT2D eigenvalue weighted by atomic mass is 79.9. The van der Waals surface area contributed by atoms with Gasteiger partial charge in [-0.3, -0.25) is 0 Å². The van der Waals surface area contributed by atoms with Gasteiger partial charge < -0.3 is 0 Å². The Morgan fingerprint density at radius 2 is 2.27 bits per heavy atom. The lowest BCUT2D eigenvalue weighted by Crippen LogP contribution is -2.18. The molecule has 0 amide bonds. The van der Waals surface area contributed by atoms with Gasteiger partial charge in [-0.15, -0.1) is 18.2 Å². The monoisotopic (exact) mass is 290 g/mol. The lowest BCUT2D eigenvalue weighted by atomic mass is 9.86. The van der Waals surface area contributed by atoms with Crippen LogP contribution in [-0.4, -0.2) is 5.88 Å².